The van der Waals surface area contributed by atoms with Crippen molar-refractivity contribution < 1.29 is 4.42 Å². The second-order valence-corrected chi connectivity index (χ2v) is 20.5. The topological polar surface area (TPSA) is 26.0 Å². The zero-order valence-corrected chi connectivity index (χ0v) is 22.7. The Balaban J connectivity index is 1.57. The summed E-state index contributed by atoms with van der Waals surface area (Å²) in [6, 6.07) is 28.3. The third-order valence-electron chi connectivity index (χ3n) is 8.00. The van der Waals surface area contributed by atoms with E-state index in [1.807, 2.05) is 0 Å². The van der Waals surface area contributed by atoms with Crippen molar-refractivity contribution in [2.75, 3.05) is 0 Å². The standard InChI is InChI=1S/C31H33GeNO/c1-5-32(6-2,7-3)25-17-19-29(33-21-25)28-15-11-14-27-26-18-16-24(20-30(26)34-31(27)28)22(4)23-12-9-8-10-13-23/h8-22H,5-7H2,1-4H3. The van der Waals surface area contributed by atoms with Crippen molar-refractivity contribution in [2.45, 2.75) is 49.4 Å². The zero-order chi connectivity index (χ0) is 23.7. The average Bonchev–Trinajstić information content (AvgIpc) is 3.28. The summed E-state index contributed by atoms with van der Waals surface area (Å²) in [6.45, 7) is 9.35. The molecule has 1 atom stereocenters. The van der Waals surface area contributed by atoms with Crippen molar-refractivity contribution in [3.05, 3.63) is 96.2 Å². The normalized spacial score (nSPS) is 12.9. The quantitative estimate of drug-likeness (QED) is 0.206. The van der Waals surface area contributed by atoms with Gasteiger partial charge in [0.05, 0.1) is 0 Å². The molecule has 172 valence electrons. The summed E-state index contributed by atoms with van der Waals surface area (Å²) < 4.78 is 8.02. The Kier molecular flexibility index (Phi) is 6.35. The molecule has 0 spiro atoms. The van der Waals surface area contributed by atoms with E-state index in [-0.39, 0.29) is 0 Å². The first-order valence-electron chi connectivity index (χ1n) is 12.6. The Morgan fingerprint density at radius 2 is 1.53 bits per heavy atom. The molecule has 34 heavy (non-hydrogen) atoms. The number of aromatic nitrogens is 1. The molecule has 0 bridgehead atoms. The molecule has 0 amide bonds. The van der Waals surface area contributed by atoms with Crippen molar-refractivity contribution >= 4 is 39.6 Å². The molecule has 1 unspecified atom stereocenters. The van der Waals surface area contributed by atoms with E-state index in [1.54, 1.807) is 0 Å². The fourth-order valence-electron chi connectivity index (χ4n) is 5.45. The first kappa shape index (κ1) is 22.9. The van der Waals surface area contributed by atoms with Gasteiger partial charge in [-0.1, -0.05) is 30.3 Å². The van der Waals surface area contributed by atoms with Gasteiger partial charge in [0.2, 0.25) is 0 Å². The maximum absolute atomic E-state index is 6.50. The van der Waals surface area contributed by atoms with Gasteiger partial charge in [0.15, 0.2) is 0 Å². The fourth-order valence-corrected chi connectivity index (χ4v) is 12.8. The number of fused-ring (bicyclic) bond motifs is 3. The third kappa shape index (κ3) is 3.88. The van der Waals surface area contributed by atoms with E-state index >= 15 is 0 Å². The number of hydrogen-bond donors (Lipinski definition) is 0. The van der Waals surface area contributed by atoms with Crippen molar-refractivity contribution in [3.63, 3.8) is 0 Å². The average molecular weight is 508 g/mol. The molecule has 0 aliphatic rings. The van der Waals surface area contributed by atoms with E-state index < -0.39 is 13.3 Å². The maximum atomic E-state index is 6.50. The van der Waals surface area contributed by atoms with Crippen LogP contribution in [0.5, 0.6) is 0 Å². The summed E-state index contributed by atoms with van der Waals surface area (Å²) in [6.07, 6.45) is 2.16. The minimum atomic E-state index is -2.00. The molecule has 2 nitrogen and oxygen atoms in total. The van der Waals surface area contributed by atoms with Crippen LogP contribution in [0.1, 0.15) is 44.7 Å². The van der Waals surface area contributed by atoms with E-state index in [0.717, 1.165) is 33.2 Å². The molecule has 0 saturated heterocycles. The van der Waals surface area contributed by atoms with Gasteiger partial charge in [-0.2, -0.15) is 0 Å². The van der Waals surface area contributed by atoms with Crippen LogP contribution in [0.15, 0.2) is 89.5 Å². The third-order valence-corrected chi connectivity index (χ3v) is 19.7. The molecule has 3 heteroatoms. The van der Waals surface area contributed by atoms with Gasteiger partial charge in [0.1, 0.15) is 0 Å². The van der Waals surface area contributed by atoms with Gasteiger partial charge >= 0.3 is 175 Å². The van der Waals surface area contributed by atoms with Gasteiger partial charge in [0, 0.05) is 0 Å². The van der Waals surface area contributed by atoms with Gasteiger partial charge in [0.25, 0.3) is 0 Å². The Morgan fingerprint density at radius 1 is 0.765 bits per heavy atom. The van der Waals surface area contributed by atoms with E-state index in [4.69, 9.17) is 9.40 Å². The number of benzene rings is 3. The molecule has 3 aromatic carbocycles. The van der Waals surface area contributed by atoms with Crippen molar-refractivity contribution in [1.82, 2.24) is 4.98 Å². The van der Waals surface area contributed by atoms with E-state index in [1.165, 1.54) is 31.3 Å². The number of rotatable bonds is 7. The van der Waals surface area contributed by atoms with E-state index in [2.05, 4.69) is 113 Å². The molecule has 0 N–H and O–H groups in total. The van der Waals surface area contributed by atoms with Crippen molar-refractivity contribution in [3.8, 4) is 11.3 Å². The molecule has 0 aliphatic carbocycles. The van der Waals surface area contributed by atoms with Crippen molar-refractivity contribution in [1.29, 1.82) is 0 Å². The number of para-hydroxylation sites is 1. The second kappa shape index (κ2) is 9.42. The number of hydrogen-bond acceptors (Lipinski definition) is 2. The molecule has 0 aliphatic heterocycles. The van der Waals surface area contributed by atoms with Crippen LogP contribution in [-0.2, 0) is 0 Å². The van der Waals surface area contributed by atoms with Crippen LogP contribution in [0.25, 0.3) is 33.2 Å². The van der Waals surface area contributed by atoms with E-state index in [9.17, 15) is 0 Å². The van der Waals surface area contributed by atoms with Crippen LogP contribution in [0, 0.1) is 0 Å². The summed E-state index contributed by atoms with van der Waals surface area (Å²) in [5.41, 5.74) is 6.51. The van der Waals surface area contributed by atoms with E-state index in [0.29, 0.717) is 5.92 Å². The Bertz CT molecular complexity index is 1410. The van der Waals surface area contributed by atoms with Crippen LogP contribution < -0.4 is 4.40 Å². The van der Waals surface area contributed by atoms with Crippen LogP contribution >= 0.6 is 0 Å². The van der Waals surface area contributed by atoms with Gasteiger partial charge in [-0.3, -0.25) is 0 Å². The van der Waals surface area contributed by atoms with Gasteiger partial charge in [-0.25, -0.2) is 0 Å². The van der Waals surface area contributed by atoms with Crippen molar-refractivity contribution in [2.24, 2.45) is 0 Å². The molecule has 5 rings (SSSR count). The predicted octanol–water partition coefficient (Wildman–Crippen LogP) is 8.52. The summed E-state index contributed by atoms with van der Waals surface area (Å²) in [5, 5.41) is 6.26. The van der Waals surface area contributed by atoms with Crippen LogP contribution in [-0.4, -0.2) is 18.3 Å². The number of furan rings is 1. The number of nitrogens with zero attached hydrogens (tertiary/aromatic N) is 1. The molecule has 0 saturated carbocycles. The summed E-state index contributed by atoms with van der Waals surface area (Å²) >= 11 is -2.00. The zero-order valence-electron chi connectivity index (χ0n) is 20.6. The van der Waals surface area contributed by atoms with Gasteiger partial charge < -0.3 is 0 Å². The summed E-state index contributed by atoms with van der Waals surface area (Å²) in [7, 11) is 0. The summed E-state index contributed by atoms with van der Waals surface area (Å²) in [4.78, 5) is 4.95. The first-order chi connectivity index (χ1) is 16.6. The molecular weight excluding hydrogens is 475 g/mol. The summed E-state index contributed by atoms with van der Waals surface area (Å²) in [5.74, 6) is 0.314. The Hall–Kier alpha value is -2.85. The SMILES string of the molecule is C[CH2][Ge]([CH2]C)([CH2]C)[c]1ccc(-c2cccc3c2oc2cc(C(C)c4ccccc4)ccc23)nc1. The molecule has 2 aromatic heterocycles. The Morgan fingerprint density at radius 3 is 2.21 bits per heavy atom. The molecule has 0 fully saturated rings. The van der Waals surface area contributed by atoms with Gasteiger partial charge in [-0.15, -0.1) is 0 Å². The molecule has 5 aromatic rings. The van der Waals surface area contributed by atoms with Crippen LogP contribution in [0.2, 0.25) is 15.8 Å². The Labute approximate surface area is 205 Å². The first-order valence-corrected chi connectivity index (χ1v) is 18.1. The number of pyridine rings is 1. The molecular formula is C31H33GeNO. The minimum absolute atomic E-state index is 0.314. The fraction of sp³-hybridized carbons (Fsp3) is 0.258. The monoisotopic (exact) mass is 509 g/mol. The predicted molar refractivity (Wildman–Crippen MR) is 148 cm³/mol. The second-order valence-electron chi connectivity index (χ2n) is 9.45. The van der Waals surface area contributed by atoms with Crippen LogP contribution in [0.4, 0.5) is 0 Å². The van der Waals surface area contributed by atoms with Crippen LogP contribution in [0.3, 0.4) is 0 Å². The molecule has 0 radical (unpaired) electrons. The molecule has 2 heterocycles. The van der Waals surface area contributed by atoms with Gasteiger partial charge in [-0.05, 0) is 0 Å².